The van der Waals surface area contributed by atoms with E-state index < -0.39 is 15.6 Å². The molecular weight excluding hydrogens is 330 g/mol. The quantitative estimate of drug-likeness (QED) is 0.857. The van der Waals surface area contributed by atoms with E-state index in [4.69, 9.17) is 4.74 Å². The molecule has 3 rings (SSSR count). The molecule has 8 heteroatoms. The van der Waals surface area contributed by atoms with Crippen LogP contribution in [0.2, 0.25) is 0 Å². The standard InChI is InChI=1S/C16H23N3O4S/c1-24(21,22)11-15(20)19-8-6-16(12-19)10-13(5-9-23-16)18-14-4-2-3-7-17-14/h2-4,7,13H,5-6,8-12H2,1H3,(H,17,18)/t13-,16-/m1/s1. The van der Waals surface area contributed by atoms with Crippen molar-refractivity contribution in [1.29, 1.82) is 0 Å². The summed E-state index contributed by atoms with van der Waals surface area (Å²) < 4.78 is 28.7. The molecule has 2 saturated heterocycles. The summed E-state index contributed by atoms with van der Waals surface area (Å²) in [7, 11) is -3.31. The Morgan fingerprint density at radius 2 is 2.33 bits per heavy atom. The molecule has 1 N–H and O–H groups in total. The van der Waals surface area contributed by atoms with Gasteiger partial charge in [-0.1, -0.05) is 6.07 Å². The molecule has 0 radical (unpaired) electrons. The van der Waals surface area contributed by atoms with Gasteiger partial charge in [-0.25, -0.2) is 13.4 Å². The summed E-state index contributed by atoms with van der Waals surface area (Å²) in [5.41, 5.74) is -0.377. The Hall–Kier alpha value is -1.67. The molecule has 1 spiro atoms. The Bertz CT molecular complexity index is 695. The van der Waals surface area contributed by atoms with E-state index >= 15 is 0 Å². The Morgan fingerprint density at radius 1 is 1.50 bits per heavy atom. The van der Waals surface area contributed by atoms with Gasteiger partial charge in [-0.15, -0.1) is 0 Å². The first-order chi connectivity index (χ1) is 11.4. The minimum Gasteiger partial charge on any atom is -0.373 e. The summed E-state index contributed by atoms with van der Waals surface area (Å²) in [5.74, 6) is 0.0685. The van der Waals surface area contributed by atoms with Crippen molar-refractivity contribution in [3.05, 3.63) is 24.4 Å². The van der Waals surface area contributed by atoms with E-state index in [0.717, 1.165) is 31.3 Å². The first-order valence-corrected chi connectivity index (χ1v) is 10.2. The number of sulfone groups is 1. The van der Waals surface area contributed by atoms with Gasteiger partial charge in [-0.2, -0.15) is 0 Å². The third kappa shape index (κ3) is 4.24. The van der Waals surface area contributed by atoms with Crippen LogP contribution in [0.3, 0.4) is 0 Å². The summed E-state index contributed by atoms with van der Waals surface area (Å²) in [6.07, 6.45) is 5.24. The zero-order chi connectivity index (χ0) is 17.2. The highest BCUT2D eigenvalue weighted by molar-refractivity contribution is 7.91. The molecule has 2 atom stereocenters. The Kier molecular flexibility index (Phi) is 4.78. The van der Waals surface area contributed by atoms with E-state index in [-0.39, 0.29) is 17.6 Å². The number of ether oxygens (including phenoxy) is 1. The predicted molar refractivity (Wildman–Crippen MR) is 90.5 cm³/mol. The van der Waals surface area contributed by atoms with Crippen LogP contribution in [-0.4, -0.2) is 67.6 Å². The van der Waals surface area contributed by atoms with Crippen LogP contribution in [-0.2, 0) is 19.4 Å². The fourth-order valence-electron chi connectivity index (χ4n) is 3.47. The van der Waals surface area contributed by atoms with E-state index in [0.29, 0.717) is 19.7 Å². The molecule has 2 aliphatic heterocycles. The van der Waals surface area contributed by atoms with Gasteiger partial charge in [0.05, 0.1) is 5.60 Å². The predicted octanol–water partition coefficient (Wildman–Crippen LogP) is 0.688. The average molecular weight is 353 g/mol. The summed E-state index contributed by atoms with van der Waals surface area (Å²) >= 11 is 0. The summed E-state index contributed by atoms with van der Waals surface area (Å²) in [6.45, 7) is 1.63. The van der Waals surface area contributed by atoms with Crippen LogP contribution in [0.1, 0.15) is 19.3 Å². The molecule has 1 amide bonds. The van der Waals surface area contributed by atoms with Crippen molar-refractivity contribution in [3.8, 4) is 0 Å². The summed E-state index contributed by atoms with van der Waals surface area (Å²) in [6, 6.07) is 5.97. The van der Waals surface area contributed by atoms with Gasteiger partial charge in [-0.3, -0.25) is 4.79 Å². The smallest absolute Gasteiger partial charge is 0.237 e. The second kappa shape index (κ2) is 6.68. The van der Waals surface area contributed by atoms with Gasteiger partial charge in [-0.05, 0) is 31.4 Å². The highest BCUT2D eigenvalue weighted by Crippen LogP contribution is 2.35. The number of likely N-dealkylation sites (tertiary alicyclic amines) is 1. The van der Waals surface area contributed by atoms with Crippen molar-refractivity contribution in [3.63, 3.8) is 0 Å². The Labute approximate surface area is 142 Å². The van der Waals surface area contributed by atoms with Crippen LogP contribution >= 0.6 is 0 Å². The molecule has 0 aromatic carbocycles. The molecule has 2 fully saturated rings. The molecule has 2 aliphatic rings. The van der Waals surface area contributed by atoms with Gasteiger partial charge in [0.15, 0.2) is 9.84 Å². The number of pyridine rings is 1. The number of anilines is 1. The van der Waals surface area contributed by atoms with Gasteiger partial charge in [0.25, 0.3) is 0 Å². The second-order valence-electron chi connectivity index (χ2n) is 6.72. The van der Waals surface area contributed by atoms with Gasteiger partial charge < -0.3 is 15.0 Å². The van der Waals surface area contributed by atoms with Crippen LogP contribution < -0.4 is 5.32 Å². The molecule has 1 aromatic heterocycles. The lowest BCUT2D eigenvalue weighted by Gasteiger charge is -2.38. The van der Waals surface area contributed by atoms with Crippen LogP contribution in [0, 0.1) is 0 Å². The van der Waals surface area contributed by atoms with E-state index in [1.807, 2.05) is 18.2 Å². The maximum Gasteiger partial charge on any atom is 0.237 e. The molecular formula is C16H23N3O4S. The van der Waals surface area contributed by atoms with Crippen molar-refractivity contribution in [2.45, 2.75) is 30.9 Å². The van der Waals surface area contributed by atoms with E-state index in [1.165, 1.54) is 0 Å². The normalized spacial score (nSPS) is 27.4. The number of carbonyl (C=O) groups excluding carboxylic acids is 1. The Balaban J connectivity index is 1.61. The van der Waals surface area contributed by atoms with Gasteiger partial charge in [0.2, 0.25) is 5.91 Å². The molecule has 0 unspecified atom stereocenters. The van der Waals surface area contributed by atoms with E-state index in [2.05, 4.69) is 10.3 Å². The van der Waals surface area contributed by atoms with Crippen molar-refractivity contribution < 1.29 is 17.9 Å². The van der Waals surface area contributed by atoms with Crippen molar-refractivity contribution in [2.24, 2.45) is 0 Å². The van der Waals surface area contributed by atoms with Crippen LogP contribution in [0.25, 0.3) is 0 Å². The number of nitrogens with zero attached hydrogens (tertiary/aromatic N) is 2. The lowest BCUT2D eigenvalue weighted by Crippen LogP contribution is -2.47. The number of hydrogen-bond acceptors (Lipinski definition) is 6. The zero-order valence-corrected chi connectivity index (χ0v) is 14.6. The van der Waals surface area contributed by atoms with E-state index in [1.54, 1.807) is 11.1 Å². The first kappa shape index (κ1) is 17.2. The molecule has 132 valence electrons. The van der Waals surface area contributed by atoms with Crippen molar-refractivity contribution >= 4 is 21.6 Å². The van der Waals surface area contributed by atoms with Gasteiger partial charge in [0.1, 0.15) is 11.6 Å². The van der Waals surface area contributed by atoms with Crippen molar-refractivity contribution in [2.75, 3.05) is 37.0 Å². The minimum absolute atomic E-state index is 0.235. The molecule has 0 aliphatic carbocycles. The maximum atomic E-state index is 12.1. The van der Waals surface area contributed by atoms with Gasteiger partial charge in [0, 0.05) is 38.2 Å². The molecule has 3 heterocycles. The van der Waals surface area contributed by atoms with Crippen LogP contribution in [0.15, 0.2) is 24.4 Å². The molecule has 24 heavy (non-hydrogen) atoms. The van der Waals surface area contributed by atoms with Crippen molar-refractivity contribution in [1.82, 2.24) is 9.88 Å². The second-order valence-corrected chi connectivity index (χ2v) is 8.86. The topological polar surface area (TPSA) is 88.6 Å². The highest BCUT2D eigenvalue weighted by Gasteiger charge is 2.44. The summed E-state index contributed by atoms with van der Waals surface area (Å²) in [4.78, 5) is 18.0. The number of nitrogens with one attached hydrogen (secondary N) is 1. The fraction of sp³-hybridized carbons (Fsp3) is 0.625. The largest absolute Gasteiger partial charge is 0.373 e. The third-order valence-corrected chi connectivity index (χ3v) is 5.34. The Morgan fingerprint density at radius 3 is 3.04 bits per heavy atom. The van der Waals surface area contributed by atoms with Gasteiger partial charge >= 0.3 is 0 Å². The lowest BCUT2D eigenvalue weighted by molar-refractivity contribution is -0.130. The number of carbonyl (C=O) groups is 1. The molecule has 0 bridgehead atoms. The maximum absolute atomic E-state index is 12.1. The number of hydrogen-bond donors (Lipinski definition) is 1. The number of aromatic nitrogens is 1. The molecule has 0 saturated carbocycles. The first-order valence-electron chi connectivity index (χ1n) is 8.12. The van der Waals surface area contributed by atoms with E-state index in [9.17, 15) is 13.2 Å². The molecule has 1 aromatic rings. The number of rotatable bonds is 4. The molecule has 7 nitrogen and oxygen atoms in total. The summed E-state index contributed by atoms with van der Waals surface area (Å²) in [5, 5.41) is 3.42. The minimum atomic E-state index is -3.31. The third-order valence-electron chi connectivity index (χ3n) is 4.56. The van der Waals surface area contributed by atoms with Crippen LogP contribution in [0.4, 0.5) is 5.82 Å². The fourth-order valence-corrected chi connectivity index (χ4v) is 4.10. The van der Waals surface area contributed by atoms with Crippen LogP contribution in [0.5, 0.6) is 0 Å². The monoisotopic (exact) mass is 353 g/mol. The highest BCUT2D eigenvalue weighted by atomic mass is 32.2. The number of amides is 1. The lowest BCUT2D eigenvalue weighted by atomic mass is 9.89. The zero-order valence-electron chi connectivity index (χ0n) is 13.8. The SMILES string of the molecule is CS(=O)(=O)CC(=O)N1CC[C@@]2(C[C@H](Nc3ccccn3)CCO2)C1. The average Bonchev–Trinajstić information content (AvgIpc) is 2.90.